The topological polar surface area (TPSA) is 84.8 Å². The number of rotatable bonds is 7. The molecule has 2 heterocycles. The Kier molecular flexibility index (Phi) is 6.43. The highest BCUT2D eigenvalue weighted by Crippen LogP contribution is 2.16. The number of aromatic nitrogens is 3. The van der Waals surface area contributed by atoms with Gasteiger partial charge >= 0.3 is 0 Å². The summed E-state index contributed by atoms with van der Waals surface area (Å²) < 4.78 is 13.7. The van der Waals surface area contributed by atoms with E-state index in [1.807, 2.05) is 6.92 Å². The summed E-state index contributed by atoms with van der Waals surface area (Å²) in [7, 11) is 0. The van der Waals surface area contributed by atoms with Crippen LogP contribution in [0.15, 0.2) is 36.8 Å². The molecule has 1 amide bonds. The summed E-state index contributed by atoms with van der Waals surface area (Å²) in [5.74, 6) is -1.39. The van der Waals surface area contributed by atoms with Gasteiger partial charge < -0.3 is 5.32 Å². The van der Waals surface area contributed by atoms with Crippen molar-refractivity contribution >= 4 is 34.6 Å². The molecule has 144 valence electrons. The van der Waals surface area contributed by atoms with Gasteiger partial charge in [-0.3, -0.25) is 14.6 Å². The number of carbonyl (C=O) groups excluding carboxylic acids is 2. The maximum absolute atomic E-state index is 13.7. The molecule has 2 aromatic heterocycles. The molecule has 0 aliphatic rings. The zero-order valence-corrected chi connectivity index (χ0v) is 16.5. The molecule has 1 aromatic carbocycles. The van der Waals surface area contributed by atoms with Crippen molar-refractivity contribution in [2.75, 3.05) is 0 Å². The average molecular weight is 419 g/mol. The zero-order valence-electron chi connectivity index (χ0n) is 14.9. The van der Waals surface area contributed by atoms with Crippen LogP contribution in [-0.4, -0.2) is 26.6 Å². The van der Waals surface area contributed by atoms with Crippen LogP contribution in [0.3, 0.4) is 0 Å². The number of Topliss-reactive ketones (excluding diaryl/α,β-unsaturated/α-hetero) is 1. The van der Waals surface area contributed by atoms with Crippen LogP contribution in [0.1, 0.15) is 42.8 Å². The Labute approximate surface area is 169 Å². The molecule has 9 heteroatoms. The number of thiazole rings is 1. The maximum Gasteiger partial charge on any atom is 0.254 e. The van der Waals surface area contributed by atoms with Crippen molar-refractivity contribution in [3.63, 3.8) is 0 Å². The van der Waals surface area contributed by atoms with Crippen molar-refractivity contribution in [2.45, 2.75) is 26.3 Å². The summed E-state index contributed by atoms with van der Waals surface area (Å²) in [5, 5.41) is 3.78. The van der Waals surface area contributed by atoms with Crippen LogP contribution in [0.2, 0.25) is 5.02 Å². The van der Waals surface area contributed by atoms with Crippen LogP contribution in [0.4, 0.5) is 4.39 Å². The molecule has 0 fully saturated rings. The molecule has 0 spiro atoms. The van der Waals surface area contributed by atoms with Crippen molar-refractivity contribution in [3.05, 3.63) is 74.5 Å². The van der Waals surface area contributed by atoms with Crippen molar-refractivity contribution in [3.8, 4) is 0 Å². The van der Waals surface area contributed by atoms with Gasteiger partial charge in [-0.2, -0.15) is 0 Å². The van der Waals surface area contributed by atoms with E-state index in [1.54, 1.807) is 17.5 Å². The van der Waals surface area contributed by atoms with Crippen LogP contribution in [0.25, 0.3) is 0 Å². The molecule has 3 rings (SSSR count). The lowest BCUT2D eigenvalue weighted by atomic mass is 10.1. The summed E-state index contributed by atoms with van der Waals surface area (Å²) in [6.45, 7) is 1.96. The smallest absolute Gasteiger partial charge is 0.254 e. The van der Waals surface area contributed by atoms with E-state index in [0.717, 1.165) is 16.0 Å². The normalized spacial score (nSPS) is 10.7. The third-order valence-electron chi connectivity index (χ3n) is 3.86. The minimum Gasteiger partial charge on any atom is -0.346 e. The number of ketones is 1. The van der Waals surface area contributed by atoms with E-state index in [1.165, 1.54) is 24.5 Å². The van der Waals surface area contributed by atoms with E-state index in [-0.39, 0.29) is 28.6 Å². The number of hydrogen-bond acceptors (Lipinski definition) is 6. The van der Waals surface area contributed by atoms with Gasteiger partial charge in [-0.15, -0.1) is 11.3 Å². The standard InChI is InChI=1S/C19H16ClFN4O2S/c1-11-22-9-14(28-11)3-5-18(26)17-10-23-13(7-24-17)8-25-19(27)15-6-12(20)2-4-16(15)21/h2,4,6-7,9-10H,3,5,8H2,1H3,(H,25,27). The highest BCUT2D eigenvalue weighted by Gasteiger charge is 2.13. The number of aryl methyl sites for hydroxylation is 2. The SMILES string of the molecule is Cc1ncc(CCC(=O)c2cnc(CNC(=O)c3cc(Cl)ccc3F)cn2)s1. The van der Waals surface area contributed by atoms with Crippen LogP contribution in [0, 0.1) is 12.7 Å². The molecule has 0 aliphatic heterocycles. The lowest BCUT2D eigenvalue weighted by Gasteiger charge is -2.06. The second kappa shape index (κ2) is 8.99. The van der Waals surface area contributed by atoms with Crippen LogP contribution >= 0.6 is 22.9 Å². The number of halogens is 2. The fourth-order valence-corrected chi connectivity index (χ4v) is 3.38. The fraction of sp³-hybridized carbons (Fsp3) is 0.211. The molecule has 0 saturated heterocycles. The summed E-state index contributed by atoms with van der Waals surface area (Å²) in [6.07, 6.45) is 5.49. The molecule has 0 unspecified atom stereocenters. The Balaban J connectivity index is 1.54. The first-order chi connectivity index (χ1) is 13.4. The lowest BCUT2D eigenvalue weighted by molar-refractivity contribution is 0.0943. The number of benzene rings is 1. The van der Waals surface area contributed by atoms with Gasteiger partial charge in [-0.25, -0.2) is 14.4 Å². The van der Waals surface area contributed by atoms with E-state index in [0.29, 0.717) is 18.5 Å². The van der Waals surface area contributed by atoms with E-state index in [4.69, 9.17) is 11.6 Å². The quantitative estimate of drug-likeness (QED) is 0.590. The molecular weight excluding hydrogens is 403 g/mol. The van der Waals surface area contributed by atoms with Crippen molar-refractivity contribution in [1.82, 2.24) is 20.3 Å². The molecule has 1 N–H and O–H groups in total. The summed E-state index contributed by atoms with van der Waals surface area (Å²) in [6, 6.07) is 3.75. The van der Waals surface area contributed by atoms with Gasteiger partial charge in [0, 0.05) is 22.5 Å². The summed E-state index contributed by atoms with van der Waals surface area (Å²) in [4.78, 5) is 37.7. The average Bonchev–Trinajstić information content (AvgIpc) is 3.11. The Morgan fingerprint density at radius 2 is 2.00 bits per heavy atom. The zero-order chi connectivity index (χ0) is 20.1. The van der Waals surface area contributed by atoms with Gasteiger partial charge in [-0.1, -0.05) is 11.6 Å². The van der Waals surface area contributed by atoms with Gasteiger partial charge in [0.1, 0.15) is 11.5 Å². The molecule has 0 atom stereocenters. The van der Waals surface area contributed by atoms with Crippen molar-refractivity contribution in [2.24, 2.45) is 0 Å². The summed E-state index contributed by atoms with van der Waals surface area (Å²) in [5.41, 5.74) is 0.563. The highest BCUT2D eigenvalue weighted by atomic mass is 35.5. The van der Waals surface area contributed by atoms with Gasteiger partial charge in [0.15, 0.2) is 5.78 Å². The predicted molar refractivity (Wildman–Crippen MR) is 104 cm³/mol. The van der Waals surface area contributed by atoms with E-state index < -0.39 is 11.7 Å². The molecule has 0 saturated carbocycles. The highest BCUT2D eigenvalue weighted by molar-refractivity contribution is 7.11. The minimum absolute atomic E-state index is 0.0480. The number of nitrogens with one attached hydrogen (secondary N) is 1. The van der Waals surface area contributed by atoms with Crippen LogP contribution in [-0.2, 0) is 13.0 Å². The molecular formula is C19H16ClFN4O2S. The largest absolute Gasteiger partial charge is 0.346 e. The monoisotopic (exact) mass is 418 g/mol. The predicted octanol–water partition coefficient (Wildman–Crippen LogP) is 3.78. The van der Waals surface area contributed by atoms with Crippen molar-refractivity contribution < 1.29 is 14.0 Å². The second-order valence-electron chi connectivity index (χ2n) is 5.97. The van der Waals surface area contributed by atoms with Gasteiger partial charge in [0.05, 0.1) is 35.2 Å². The Morgan fingerprint density at radius 3 is 2.68 bits per heavy atom. The van der Waals surface area contributed by atoms with E-state index in [9.17, 15) is 14.0 Å². The third-order valence-corrected chi connectivity index (χ3v) is 5.07. The Hall–Kier alpha value is -2.71. The first-order valence-electron chi connectivity index (χ1n) is 8.41. The van der Waals surface area contributed by atoms with E-state index >= 15 is 0 Å². The first kappa shape index (κ1) is 20.0. The van der Waals surface area contributed by atoms with Gasteiger partial charge in [0.2, 0.25) is 0 Å². The fourth-order valence-electron chi connectivity index (χ4n) is 2.41. The van der Waals surface area contributed by atoms with Gasteiger partial charge in [0.25, 0.3) is 5.91 Å². The number of amides is 1. The molecule has 6 nitrogen and oxygen atoms in total. The Morgan fingerprint density at radius 1 is 1.18 bits per heavy atom. The molecule has 0 bridgehead atoms. The number of hydrogen-bond donors (Lipinski definition) is 1. The Bertz CT molecular complexity index is 1010. The van der Waals surface area contributed by atoms with Crippen LogP contribution < -0.4 is 5.32 Å². The lowest BCUT2D eigenvalue weighted by Crippen LogP contribution is -2.24. The molecule has 0 aliphatic carbocycles. The molecule has 0 radical (unpaired) electrons. The minimum atomic E-state index is -0.662. The first-order valence-corrected chi connectivity index (χ1v) is 9.60. The number of carbonyl (C=O) groups is 2. The van der Waals surface area contributed by atoms with Gasteiger partial charge in [-0.05, 0) is 31.5 Å². The second-order valence-corrected chi connectivity index (χ2v) is 7.72. The maximum atomic E-state index is 13.7. The molecule has 3 aromatic rings. The molecule has 28 heavy (non-hydrogen) atoms. The number of nitrogens with zero attached hydrogens (tertiary/aromatic N) is 3. The summed E-state index contributed by atoms with van der Waals surface area (Å²) >= 11 is 7.35. The van der Waals surface area contributed by atoms with Crippen LogP contribution in [0.5, 0.6) is 0 Å². The van der Waals surface area contributed by atoms with Crippen molar-refractivity contribution in [1.29, 1.82) is 0 Å². The van der Waals surface area contributed by atoms with E-state index in [2.05, 4.69) is 20.3 Å². The third kappa shape index (κ3) is 5.17.